The summed E-state index contributed by atoms with van der Waals surface area (Å²) >= 11 is 1.86. The third-order valence-corrected chi connectivity index (χ3v) is 3.13. The molecule has 0 unspecified atom stereocenters. The second-order valence-corrected chi connectivity index (χ2v) is 6.45. The van der Waals surface area contributed by atoms with E-state index in [1.807, 2.05) is 11.8 Å². The number of aliphatic hydroxyl groups excluding tert-OH is 1. The van der Waals surface area contributed by atoms with Crippen LogP contribution in [0, 0.1) is 0 Å². The summed E-state index contributed by atoms with van der Waals surface area (Å²) in [5, 5.41) is 9.52. The van der Waals surface area contributed by atoms with Crippen LogP contribution in [-0.2, 0) is 0 Å². The van der Waals surface area contributed by atoms with Crippen LogP contribution in [0.3, 0.4) is 0 Å². The Morgan fingerprint density at radius 2 is 1.92 bits per heavy atom. The van der Waals surface area contributed by atoms with Gasteiger partial charge in [0.1, 0.15) is 0 Å². The van der Waals surface area contributed by atoms with Gasteiger partial charge >= 0.3 is 0 Å². The SMILES string of the molecule is CC(C)(C)S[C@@H](CO)CCCCN. The van der Waals surface area contributed by atoms with Crippen LogP contribution in [-0.4, -0.2) is 28.3 Å². The highest BCUT2D eigenvalue weighted by Gasteiger charge is 2.17. The predicted molar refractivity (Wildman–Crippen MR) is 61.1 cm³/mol. The number of nitrogens with two attached hydrogens (primary N) is 1. The number of aliphatic hydroxyl groups is 1. The van der Waals surface area contributed by atoms with Gasteiger partial charge in [-0.1, -0.05) is 27.2 Å². The fraction of sp³-hybridized carbons (Fsp3) is 1.00. The van der Waals surface area contributed by atoms with Gasteiger partial charge in [0.15, 0.2) is 0 Å². The van der Waals surface area contributed by atoms with Crippen molar-refractivity contribution in [3.63, 3.8) is 0 Å². The van der Waals surface area contributed by atoms with Gasteiger partial charge in [0.2, 0.25) is 0 Å². The monoisotopic (exact) mass is 205 g/mol. The Kier molecular flexibility index (Phi) is 6.82. The van der Waals surface area contributed by atoms with Crippen molar-refractivity contribution >= 4 is 11.8 Å². The van der Waals surface area contributed by atoms with Gasteiger partial charge in [-0.2, -0.15) is 11.8 Å². The molecule has 80 valence electrons. The maximum absolute atomic E-state index is 9.14. The molecule has 0 rings (SSSR count). The minimum atomic E-state index is 0.246. The van der Waals surface area contributed by atoms with Crippen molar-refractivity contribution in [1.82, 2.24) is 0 Å². The highest BCUT2D eigenvalue weighted by atomic mass is 32.2. The minimum absolute atomic E-state index is 0.246. The van der Waals surface area contributed by atoms with E-state index in [1.54, 1.807) is 0 Å². The molecule has 3 heteroatoms. The van der Waals surface area contributed by atoms with Crippen molar-refractivity contribution in [3.05, 3.63) is 0 Å². The lowest BCUT2D eigenvalue weighted by molar-refractivity contribution is 0.288. The molecule has 0 radical (unpaired) electrons. The maximum atomic E-state index is 9.14. The predicted octanol–water partition coefficient (Wildman–Crippen LogP) is 2.01. The highest BCUT2D eigenvalue weighted by molar-refractivity contribution is 8.01. The van der Waals surface area contributed by atoms with Crippen LogP contribution in [0.15, 0.2) is 0 Å². The summed E-state index contributed by atoms with van der Waals surface area (Å²) in [5.41, 5.74) is 5.41. The molecule has 3 N–H and O–H groups in total. The van der Waals surface area contributed by atoms with Crippen LogP contribution in [0.5, 0.6) is 0 Å². The number of unbranched alkanes of at least 4 members (excludes halogenated alkanes) is 1. The first-order chi connectivity index (χ1) is 5.99. The van der Waals surface area contributed by atoms with Crippen molar-refractivity contribution < 1.29 is 5.11 Å². The Morgan fingerprint density at radius 1 is 1.31 bits per heavy atom. The van der Waals surface area contributed by atoms with E-state index in [4.69, 9.17) is 10.8 Å². The van der Waals surface area contributed by atoms with E-state index in [1.165, 1.54) is 0 Å². The van der Waals surface area contributed by atoms with Crippen molar-refractivity contribution in [2.45, 2.75) is 50.0 Å². The molecule has 13 heavy (non-hydrogen) atoms. The third-order valence-electron chi connectivity index (χ3n) is 1.70. The average Bonchev–Trinajstić information content (AvgIpc) is 2.01. The molecule has 0 aromatic rings. The highest BCUT2D eigenvalue weighted by Crippen LogP contribution is 2.30. The Morgan fingerprint density at radius 3 is 2.31 bits per heavy atom. The summed E-state index contributed by atoms with van der Waals surface area (Å²) in [7, 11) is 0. The first kappa shape index (κ1) is 13.3. The van der Waals surface area contributed by atoms with E-state index >= 15 is 0 Å². The second kappa shape index (κ2) is 6.68. The van der Waals surface area contributed by atoms with Crippen molar-refractivity contribution in [1.29, 1.82) is 0 Å². The average molecular weight is 205 g/mol. The summed E-state index contributed by atoms with van der Waals surface area (Å²) in [6.45, 7) is 7.60. The molecule has 0 aromatic carbocycles. The second-order valence-electron chi connectivity index (χ2n) is 4.32. The summed E-state index contributed by atoms with van der Waals surface area (Å²) in [6, 6.07) is 0. The standard InChI is InChI=1S/C10H23NOS/c1-10(2,3)13-9(8-12)6-4-5-7-11/h9,12H,4-8,11H2,1-3H3/t9-/m1/s1. The van der Waals surface area contributed by atoms with Gasteiger partial charge in [0, 0.05) is 10.00 Å². The normalized spacial score (nSPS) is 14.5. The zero-order chi connectivity index (χ0) is 10.3. The van der Waals surface area contributed by atoms with Crippen molar-refractivity contribution in [2.75, 3.05) is 13.2 Å². The van der Waals surface area contributed by atoms with Gasteiger partial charge in [-0.15, -0.1) is 0 Å². The lowest BCUT2D eigenvalue weighted by Crippen LogP contribution is -2.19. The van der Waals surface area contributed by atoms with E-state index < -0.39 is 0 Å². The third kappa shape index (κ3) is 8.60. The smallest absolute Gasteiger partial charge is 0.0550 e. The molecule has 0 spiro atoms. The molecular weight excluding hydrogens is 182 g/mol. The largest absolute Gasteiger partial charge is 0.395 e. The van der Waals surface area contributed by atoms with Crippen LogP contribution < -0.4 is 5.73 Å². The molecule has 0 aliphatic rings. The number of rotatable bonds is 6. The number of hydrogen-bond donors (Lipinski definition) is 2. The molecule has 1 atom stereocenters. The molecule has 0 saturated heterocycles. The number of thioether (sulfide) groups is 1. The van der Waals surface area contributed by atoms with Crippen LogP contribution in [0.2, 0.25) is 0 Å². The Labute approximate surface area is 86.3 Å². The quantitative estimate of drug-likeness (QED) is 0.652. The van der Waals surface area contributed by atoms with Gasteiger partial charge < -0.3 is 10.8 Å². The van der Waals surface area contributed by atoms with Crippen LogP contribution >= 0.6 is 11.8 Å². The van der Waals surface area contributed by atoms with Crippen LogP contribution in [0.1, 0.15) is 40.0 Å². The fourth-order valence-electron chi connectivity index (χ4n) is 1.20. The minimum Gasteiger partial charge on any atom is -0.395 e. The molecule has 0 bridgehead atoms. The van der Waals surface area contributed by atoms with Gasteiger partial charge in [0.25, 0.3) is 0 Å². The van der Waals surface area contributed by atoms with Gasteiger partial charge in [-0.3, -0.25) is 0 Å². The molecule has 2 nitrogen and oxygen atoms in total. The molecule has 0 aliphatic heterocycles. The van der Waals surface area contributed by atoms with Gasteiger partial charge in [0.05, 0.1) is 6.61 Å². The summed E-state index contributed by atoms with van der Waals surface area (Å²) in [4.78, 5) is 0. The molecule has 0 aliphatic carbocycles. The van der Waals surface area contributed by atoms with E-state index in [0.29, 0.717) is 5.25 Å². The fourth-order valence-corrected chi connectivity index (χ4v) is 2.56. The zero-order valence-electron chi connectivity index (χ0n) is 9.05. The van der Waals surface area contributed by atoms with Crippen LogP contribution in [0.4, 0.5) is 0 Å². The lowest BCUT2D eigenvalue weighted by Gasteiger charge is -2.24. The summed E-state index contributed by atoms with van der Waals surface area (Å²) in [6.07, 6.45) is 3.28. The number of hydrogen-bond acceptors (Lipinski definition) is 3. The molecular formula is C10H23NOS. The Hall–Kier alpha value is 0.270. The van der Waals surface area contributed by atoms with Crippen LogP contribution in [0.25, 0.3) is 0 Å². The molecule has 0 saturated carbocycles. The van der Waals surface area contributed by atoms with E-state index in [-0.39, 0.29) is 11.4 Å². The van der Waals surface area contributed by atoms with Crippen molar-refractivity contribution in [2.24, 2.45) is 5.73 Å². The zero-order valence-corrected chi connectivity index (χ0v) is 9.86. The first-order valence-corrected chi connectivity index (χ1v) is 5.86. The van der Waals surface area contributed by atoms with Gasteiger partial charge in [-0.05, 0) is 19.4 Å². The summed E-state index contributed by atoms with van der Waals surface area (Å²) < 4.78 is 0.246. The van der Waals surface area contributed by atoms with Gasteiger partial charge in [-0.25, -0.2) is 0 Å². The topological polar surface area (TPSA) is 46.2 Å². The van der Waals surface area contributed by atoms with E-state index in [9.17, 15) is 0 Å². The molecule has 0 fully saturated rings. The maximum Gasteiger partial charge on any atom is 0.0550 e. The van der Waals surface area contributed by atoms with Crippen molar-refractivity contribution in [3.8, 4) is 0 Å². The Bertz CT molecular complexity index is 123. The Balaban J connectivity index is 3.63. The first-order valence-electron chi connectivity index (χ1n) is 4.98. The molecule has 0 heterocycles. The molecule has 0 amide bonds. The molecule has 0 aromatic heterocycles. The summed E-state index contributed by atoms with van der Waals surface area (Å²) in [5.74, 6) is 0. The van der Waals surface area contributed by atoms with E-state index in [0.717, 1.165) is 25.8 Å². The lowest BCUT2D eigenvalue weighted by atomic mass is 10.2. The van der Waals surface area contributed by atoms with E-state index in [2.05, 4.69) is 20.8 Å².